The average molecular weight is 299 g/mol. The lowest BCUT2D eigenvalue weighted by atomic mass is 10.2. The molecule has 1 aromatic heterocycles. The molecule has 1 heterocycles. The van der Waals surface area contributed by atoms with E-state index in [0.29, 0.717) is 10.8 Å². The van der Waals surface area contributed by atoms with E-state index in [-0.39, 0.29) is 17.1 Å². The summed E-state index contributed by atoms with van der Waals surface area (Å²) < 4.78 is 17.0. The normalized spacial score (nSPS) is 12.3. The van der Waals surface area contributed by atoms with Crippen LogP contribution < -0.4 is 0 Å². The van der Waals surface area contributed by atoms with E-state index in [4.69, 9.17) is 21.1 Å². The zero-order valence-corrected chi connectivity index (χ0v) is 11.4. The second-order valence-electron chi connectivity index (χ2n) is 3.92. The first-order valence-electron chi connectivity index (χ1n) is 5.45. The third kappa shape index (κ3) is 3.68. The van der Waals surface area contributed by atoms with Crippen LogP contribution in [0.15, 0.2) is 41.0 Å². The molecule has 6 heteroatoms. The molecule has 0 spiro atoms. The summed E-state index contributed by atoms with van der Waals surface area (Å²) >= 11 is 5.76. The molecule has 0 saturated carbocycles. The summed E-state index contributed by atoms with van der Waals surface area (Å²) in [6.07, 6.45) is 1.29. The van der Waals surface area contributed by atoms with Crippen LogP contribution in [0.4, 0.5) is 0 Å². The first-order chi connectivity index (χ1) is 9.06. The standard InChI is InChI=1S/C13H11ClO4S/c14-10-3-1-9(2-4-10)7-19(17)8-12-11(13(15)16)5-6-18-12/h1-6H,7-8H2,(H,15,16). The third-order valence-corrected chi connectivity index (χ3v) is 4.00. The number of furan rings is 1. The van der Waals surface area contributed by atoms with Gasteiger partial charge in [-0.2, -0.15) is 0 Å². The van der Waals surface area contributed by atoms with Crippen LogP contribution >= 0.6 is 11.6 Å². The summed E-state index contributed by atoms with van der Waals surface area (Å²) in [5.41, 5.74) is 0.940. The van der Waals surface area contributed by atoms with Crippen molar-refractivity contribution in [2.75, 3.05) is 0 Å². The van der Waals surface area contributed by atoms with Crippen LogP contribution in [-0.2, 0) is 22.3 Å². The van der Waals surface area contributed by atoms with Crippen molar-refractivity contribution in [3.63, 3.8) is 0 Å². The summed E-state index contributed by atoms with van der Waals surface area (Å²) in [6, 6.07) is 8.39. The molecule has 0 saturated heterocycles. The van der Waals surface area contributed by atoms with Gasteiger partial charge in [0.25, 0.3) is 0 Å². The third-order valence-electron chi connectivity index (χ3n) is 2.51. The highest BCUT2D eigenvalue weighted by Crippen LogP contribution is 2.16. The van der Waals surface area contributed by atoms with E-state index in [1.807, 2.05) is 0 Å². The van der Waals surface area contributed by atoms with Crippen LogP contribution in [0.1, 0.15) is 21.7 Å². The van der Waals surface area contributed by atoms with E-state index in [2.05, 4.69) is 0 Å². The van der Waals surface area contributed by atoms with Crippen molar-refractivity contribution in [1.82, 2.24) is 0 Å². The van der Waals surface area contributed by atoms with E-state index in [0.717, 1.165) is 5.56 Å². The number of rotatable bonds is 5. The fraction of sp³-hybridized carbons (Fsp3) is 0.154. The van der Waals surface area contributed by atoms with Gasteiger partial charge in [0, 0.05) is 21.6 Å². The molecule has 19 heavy (non-hydrogen) atoms. The quantitative estimate of drug-likeness (QED) is 0.921. The summed E-state index contributed by atoms with van der Waals surface area (Å²) in [6.45, 7) is 0. The van der Waals surface area contributed by atoms with Crippen molar-refractivity contribution in [2.45, 2.75) is 11.5 Å². The molecule has 0 aliphatic rings. The molecule has 2 rings (SSSR count). The summed E-state index contributed by atoms with van der Waals surface area (Å²) in [4.78, 5) is 10.9. The number of hydrogen-bond donors (Lipinski definition) is 1. The zero-order valence-electron chi connectivity index (χ0n) is 9.84. The average Bonchev–Trinajstić information content (AvgIpc) is 2.80. The second-order valence-corrected chi connectivity index (χ2v) is 5.81. The summed E-state index contributed by atoms with van der Waals surface area (Å²) in [5, 5.41) is 9.53. The molecular formula is C13H11ClO4S. The van der Waals surface area contributed by atoms with Crippen molar-refractivity contribution in [3.8, 4) is 0 Å². The van der Waals surface area contributed by atoms with E-state index in [1.165, 1.54) is 12.3 Å². The topological polar surface area (TPSA) is 67.5 Å². The first kappa shape index (κ1) is 13.8. The fourth-order valence-corrected chi connectivity index (χ4v) is 2.91. The molecule has 1 unspecified atom stereocenters. The van der Waals surface area contributed by atoms with Gasteiger partial charge in [-0.3, -0.25) is 4.21 Å². The maximum absolute atomic E-state index is 12.0. The predicted octanol–water partition coefficient (Wildman–Crippen LogP) is 3.08. The van der Waals surface area contributed by atoms with Crippen LogP contribution in [-0.4, -0.2) is 15.3 Å². The van der Waals surface area contributed by atoms with Crippen LogP contribution in [0.25, 0.3) is 0 Å². The first-order valence-corrected chi connectivity index (χ1v) is 7.32. The van der Waals surface area contributed by atoms with E-state index in [9.17, 15) is 9.00 Å². The maximum atomic E-state index is 12.0. The van der Waals surface area contributed by atoms with Gasteiger partial charge in [0.2, 0.25) is 0 Å². The Kier molecular flexibility index (Phi) is 4.39. The van der Waals surface area contributed by atoms with E-state index < -0.39 is 16.8 Å². The summed E-state index contributed by atoms with van der Waals surface area (Å²) in [5.74, 6) is -0.430. The molecule has 2 aromatic rings. The highest BCUT2D eigenvalue weighted by Gasteiger charge is 2.15. The van der Waals surface area contributed by atoms with Crippen molar-refractivity contribution >= 4 is 28.4 Å². The molecule has 0 amide bonds. The van der Waals surface area contributed by atoms with Crippen molar-refractivity contribution in [2.24, 2.45) is 0 Å². The Balaban J connectivity index is 2.03. The molecule has 4 nitrogen and oxygen atoms in total. The van der Waals surface area contributed by atoms with Gasteiger partial charge in [-0.25, -0.2) is 4.79 Å². The van der Waals surface area contributed by atoms with Gasteiger partial charge >= 0.3 is 5.97 Å². The molecular weight excluding hydrogens is 288 g/mol. The SMILES string of the molecule is O=C(O)c1ccoc1CS(=O)Cc1ccc(Cl)cc1. The lowest BCUT2D eigenvalue weighted by Gasteiger charge is -2.02. The summed E-state index contributed by atoms with van der Waals surface area (Å²) in [7, 11) is -1.23. The minimum Gasteiger partial charge on any atom is -0.478 e. The Bertz CT molecular complexity index is 603. The predicted molar refractivity (Wildman–Crippen MR) is 72.7 cm³/mol. The molecule has 0 aliphatic heterocycles. The van der Waals surface area contributed by atoms with Gasteiger partial charge in [-0.1, -0.05) is 23.7 Å². The Morgan fingerprint density at radius 1 is 1.21 bits per heavy atom. The number of carboxylic acid groups (broad SMARTS) is 1. The van der Waals surface area contributed by atoms with Crippen LogP contribution in [0.5, 0.6) is 0 Å². The van der Waals surface area contributed by atoms with Gasteiger partial charge in [0.15, 0.2) is 0 Å². The minimum absolute atomic E-state index is 0.0597. The van der Waals surface area contributed by atoms with Gasteiger partial charge in [0.05, 0.1) is 12.0 Å². The molecule has 100 valence electrons. The lowest BCUT2D eigenvalue weighted by molar-refractivity contribution is 0.0695. The number of halogens is 1. The Morgan fingerprint density at radius 3 is 2.53 bits per heavy atom. The molecule has 0 radical (unpaired) electrons. The number of aromatic carboxylic acids is 1. The van der Waals surface area contributed by atoms with Gasteiger partial charge < -0.3 is 9.52 Å². The van der Waals surface area contributed by atoms with Gasteiger partial charge in [-0.05, 0) is 23.8 Å². The van der Waals surface area contributed by atoms with E-state index >= 15 is 0 Å². The van der Waals surface area contributed by atoms with Crippen LogP contribution in [0.3, 0.4) is 0 Å². The highest BCUT2D eigenvalue weighted by atomic mass is 35.5. The van der Waals surface area contributed by atoms with Crippen LogP contribution in [0.2, 0.25) is 5.02 Å². The molecule has 0 bridgehead atoms. The Hall–Kier alpha value is -1.59. The van der Waals surface area contributed by atoms with Gasteiger partial charge in [0.1, 0.15) is 11.3 Å². The number of carbonyl (C=O) groups is 1. The van der Waals surface area contributed by atoms with Crippen molar-refractivity contribution in [3.05, 3.63) is 58.5 Å². The molecule has 1 N–H and O–H groups in total. The smallest absolute Gasteiger partial charge is 0.339 e. The van der Waals surface area contributed by atoms with Crippen molar-refractivity contribution in [1.29, 1.82) is 0 Å². The largest absolute Gasteiger partial charge is 0.478 e. The van der Waals surface area contributed by atoms with Gasteiger partial charge in [-0.15, -0.1) is 0 Å². The number of carboxylic acids is 1. The minimum atomic E-state index is -1.23. The number of hydrogen-bond acceptors (Lipinski definition) is 3. The second kappa shape index (κ2) is 6.04. The number of benzene rings is 1. The highest BCUT2D eigenvalue weighted by molar-refractivity contribution is 7.83. The molecule has 0 fully saturated rings. The maximum Gasteiger partial charge on any atom is 0.339 e. The fourth-order valence-electron chi connectivity index (χ4n) is 1.61. The molecule has 0 aliphatic carbocycles. The molecule has 1 aromatic carbocycles. The zero-order chi connectivity index (χ0) is 13.8. The van der Waals surface area contributed by atoms with E-state index in [1.54, 1.807) is 24.3 Å². The Labute approximate surface area is 117 Å². The van der Waals surface area contributed by atoms with Crippen molar-refractivity contribution < 1.29 is 18.5 Å². The monoisotopic (exact) mass is 298 g/mol. The Morgan fingerprint density at radius 2 is 1.89 bits per heavy atom. The lowest BCUT2D eigenvalue weighted by Crippen LogP contribution is -2.04. The molecule has 1 atom stereocenters. The van der Waals surface area contributed by atoms with Crippen LogP contribution in [0, 0.1) is 0 Å².